The lowest BCUT2D eigenvalue weighted by atomic mass is 9.83. The fourth-order valence-corrected chi connectivity index (χ4v) is 3.86. The lowest BCUT2D eigenvalue weighted by Gasteiger charge is -2.24. The van der Waals surface area contributed by atoms with Crippen LogP contribution >= 0.6 is 0 Å². The zero-order valence-corrected chi connectivity index (χ0v) is 17.3. The van der Waals surface area contributed by atoms with Crippen LogP contribution in [0.5, 0.6) is 5.75 Å². The Kier molecular flexibility index (Phi) is 6.81. The first-order chi connectivity index (χ1) is 12.9. The van der Waals surface area contributed by atoms with Crippen LogP contribution in [0, 0.1) is 20.8 Å². The topological polar surface area (TPSA) is 35.2 Å². The molecular formula is C25H31NO. The Bertz CT molecular complexity index is 886. The molecule has 0 saturated carbocycles. The van der Waals surface area contributed by atoms with Gasteiger partial charge in [0.15, 0.2) is 0 Å². The highest BCUT2D eigenvalue weighted by Crippen LogP contribution is 2.43. The molecular weight excluding hydrogens is 330 g/mol. The largest absolute Gasteiger partial charge is 0.496 e. The second-order valence-electron chi connectivity index (χ2n) is 6.78. The summed E-state index contributed by atoms with van der Waals surface area (Å²) in [5.74, 6) is 0.892. The Morgan fingerprint density at radius 3 is 2.11 bits per heavy atom. The van der Waals surface area contributed by atoms with Crippen LogP contribution in [0.15, 0.2) is 55.1 Å². The minimum atomic E-state index is 0.405. The molecule has 2 aromatic carbocycles. The molecule has 0 radical (unpaired) electrons. The minimum absolute atomic E-state index is 0.405. The molecule has 0 unspecified atom stereocenters. The van der Waals surface area contributed by atoms with Gasteiger partial charge in [0.05, 0.1) is 7.11 Å². The zero-order chi connectivity index (χ0) is 20.1. The predicted molar refractivity (Wildman–Crippen MR) is 118 cm³/mol. The Morgan fingerprint density at radius 1 is 1.04 bits per heavy atom. The van der Waals surface area contributed by atoms with Crippen molar-refractivity contribution in [1.82, 2.24) is 0 Å². The van der Waals surface area contributed by atoms with Crippen molar-refractivity contribution < 1.29 is 4.74 Å². The summed E-state index contributed by atoms with van der Waals surface area (Å²) in [6.07, 6.45) is 4.61. The average Bonchev–Trinajstić information content (AvgIpc) is 2.68. The van der Waals surface area contributed by atoms with E-state index in [9.17, 15) is 0 Å². The van der Waals surface area contributed by atoms with Crippen LogP contribution in [0.1, 0.15) is 34.7 Å². The van der Waals surface area contributed by atoms with Gasteiger partial charge in [-0.1, -0.05) is 62.1 Å². The Labute approximate surface area is 164 Å². The van der Waals surface area contributed by atoms with Crippen molar-refractivity contribution in [1.29, 1.82) is 0 Å². The van der Waals surface area contributed by atoms with Crippen molar-refractivity contribution in [2.45, 2.75) is 34.1 Å². The average molecular weight is 362 g/mol. The number of ether oxygens (including phenoxy) is 1. The predicted octanol–water partition coefficient (Wildman–Crippen LogP) is 5.93. The molecule has 0 aliphatic carbocycles. The smallest absolute Gasteiger partial charge is 0.130 e. The number of benzene rings is 2. The van der Waals surface area contributed by atoms with Gasteiger partial charge in [-0.3, -0.25) is 0 Å². The van der Waals surface area contributed by atoms with E-state index in [-0.39, 0.29) is 0 Å². The number of hydrogen-bond acceptors (Lipinski definition) is 2. The number of allylic oxidation sites excluding steroid dienone is 2. The van der Waals surface area contributed by atoms with Crippen LogP contribution in [0.4, 0.5) is 0 Å². The Hall–Kier alpha value is -2.58. The van der Waals surface area contributed by atoms with Gasteiger partial charge >= 0.3 is 0 Å². The van der Waals surface area contributed by atoms with E-state index in [2.05, 4.69) is 65.1 Å². The summed E-state index contributed by atoms with van der Waals surface area (Å²) in [4.78, 5) is 0. The highest BCUT2D eigenvalue weighted by Gasteiger charge is 2.22. The maximum absolute atomic E-state index is 5.98. The molecule has 0 saturated heterocycles. The van der Waals surface area contributed by atoms with Gasteiger partial charge in [-0.2, -0.15) is 0 Å². The van der Waals surface area contributed by atoms with Gasteiger partial charge in [0.2, 0.25) is 0 Å². The van der Waals surface area contributed by atoms with Crippen LogP contribution in [0.3, 0.4) is 0 Å². The third-order valence-corrected chi connectivity index (χ3v) is 5.26. The van der Waals surface area contributed by atoms with Gasteiger partial charge in [-0.25, -0.2) is 0 Å². The standard InChI is InChI=1S/C25H31NO/c1-8-19(15-26)22(10-3)24-18(6)23(20-13-11-16(4)12-14-20)21(9-2)17(5)25(24)27-7/h8,10-14H,1,3,9,15,26H2,2,4-7H3/b22-19-. The highest BCUT2D eigenvalue weighted by molar-refractivity contribution is 5.89. The molecule has 0 spiro atoms. The van der Waals surface area contributed by atoms with Crippen LogP contribution in [-0.2, 0) is 6.42 Å². The van der Waals surface area contributed by atoms with E-state index in [4.69, 9.17) is 10.5 Å². The van der Waals surface area contributed by atoms with Gasteiger partial charge in [-0.05, 0) is 66.2 Å². The fraction of sp³-hybridized carbons (Fsp3) is 0.280. The molecule has 0 aliphatic heterocycles. The second kappa shape index (κ2) is 8.88. The van der Waals surface area contributed by atoms with Crippen LogP contribution < -0.4 is 10.5 Å². The summed E-state index contributed by atoms with van der Waals surface area (Å²) in [7, 11) is 1.73. The van der Waals surface area contributed by atoms with Gasteiger partial charge in [0.1, 0.15) is 5.75 Å². The molecule has 0 heterocycles. The van der Waals surface area contributed by atoms with Crippen molar-refractivity contribution in [2.24, 2.45) is 5.73 Å². The van der Waals surface area contributed by atoms with Crippen molar-refractivity contribution in [2.75, 3.05) is 13.7 Å². The number of aryl methyl sites for hydroxylation is 1. The van der Waals surface area contributed by atoms with E-state index in [1.54, 1.807) is 7.11 Å². The third-order valence-electron chi connectivity index (χ3n) is 5.26. The quantitative estimate of drug-likeness (QED) is 0.620. The highest BCUT2D eigenvalue weighted by atomic mass is 16.5. The van der Waals surface area contributed by atoms with Crippen molar-refractivity contribution in [3.63, 3.8) is 0 Å². The van der Waals surface area contributed by atoms with E-state index < -0.39 is 0 Å². The first-order valence-corrected chi connectivity index (χ1v) is 9.40. The number of rotatable bonds is 7. The minimum Gasteiger partial charge on any atom is -0.496 e. The molecule has 2 rings (SSSR count). The van der Waals surface area contributed by atoms with Gasteiger partial charge < -0.3 is 10.5 Å². The normalized spacial score (nSPS) is 11.8. The molecule has 0 amide bonds. The maximum Gasteiger partial charge on any atom is 0.130 e. The molecule has 2 nitrogen and oxygen atoms in total. The number of methoxy groups -OCH3 is 1. The van der Waals surface area contributed by atoms with Crippen molar-refractivity contribution >= 4 is 5.57 Å². The molecule has 0 bridgehead atoms. The van der Waals surface area contributed by atoms with Crippen LogP contribution in [-0.4, -0.2) is 13.7 Å². The van der Waals surface area contributed by atoms with Crippen molar-refractivity contribution in [3.05, 3.63) is 83.0 Å². The fourth-order valence-electron chi connectivity index (χ4n) is 3.86. The van der Waals surface area contributed by atoms with Gasteiger partial charge in [0.25, 0.3) is 0 Å². The molecule has 142 valence electrons. The molecule has 0 aliphatic rings. The number of hydrogen-bond donors (Lipinski definition) is 1. The van der Waals surface area contributed by atoms with Crippen LogP contribution in [0.25, 0.3) is 16.7 Å². The summed E-state index contributed by atoms with van der Waals surface area (Å²) in [5, 5.41) is 0. The lowest BCUT2D eigenvalue weighted by Crippen LogP contribution is -2.08. The maximum atomic E-state index is 5.98. The first kappa shape index (κ1) is 20.7. The summed E-state index contributed by atoms with van der Waals surface area (Å²) in [6, 6.07) is 8.71. The molecule has 2 aromatic rings. The third kappa shape index (κ3) is 3.77. The van der Waals surface area contributed by atoms with E-state index in [0.717, 1.165) is 34.4 Å². The van der Waals surface area contributed by atoms with Gasteiger partial charge in [0, 0.05) is 12.1 Å². The zero-order valence-electron chi connectivity index (χ0n) is 17.3. The lowest BCUT2D eigenvalue weighted by molar-refractivity contribution is 0.409. The summed E-state index contributed by atoms with van der Waals surface area (Å²) in [6.45, 7) is 17.0. The SMILES string of the molecule is C=C/C(CN)=C(\C=C)c1c(C)c(-c2ccc(C)cc2)c(CC)c(C)c1OC. The molecule has 0 fully saturated rings. The van der Waals surface area contributed by atoms with Crippen molar-refractivity contribution in [3.8, 4) is 16.9 Å². The van der Waals surface area contributed by atoms with E-state index in [1.807, 2.05) is 12.2 Å². The summed E-state index contributed by atoms with van der Waals surface area (Å²) in [5.41, 5.74) is 16.4. The van der Waals surface area contributed by atoms with E-state index in [0.29, 0.717) is 6.54 Å². The molecule has 27 heavy (non-hydrogen) atoms. The second-order valence-corrected chi connectivity index (χ2v) is 6.78. The molecule has 0 aromatic heterocycles. The van der Waals surface area contributed by atoms with Crippen LogP contribution in [0.2, 0.25) is 0 Å². The number of nitrogens with two attached hydrogens (primary N) is 1. The molecule has 0 atom stereocenters. The monoisotopic (exact) mass is 361 g/mol. The van der Waals surface area contributed by atoms with E-state index in [1.165, 1.54) is 27.8 Å². The summed E-state index contributed by atoms with van der Waals surface area (Å²) < 4.78 is 5.87. The van der Waals surface area contributed by atoms with E-state index >= 15 is 0 Å². The summed E-state index contributed by atoms with van der Waals surface area (Å²) >= 11 is 0. The molecule has 2 N–H and O–H groups in total. The Morgan fingerprint density at radius 2 is 1.67 bits per heavy atom. The first-order valence-electron chi connectivity index (χ1n) is 9.40. The van der Waals surface area contributed by atoms with Gasteiger partial charge in [-0.15, -0.1) is 0 Å². The molecule has 2 heteroatoms. The Balaban J connectivity index is 3.01.